The predicted molar refractivity (Wildman–Crippen MR) is 42.1 cm³/mol. The van der Waals surface area contributed by atoms with E-state index in [4.69, 9.17) is 0 Å². The van der Waals surface area contributed by atoms with Crippen molar-refractivity contribution in [1.29, 1.82) is 0 Å². The van der Waals surface area contributed by atoms with E-state index in [1.54, 1.807) is 0 Å². The van der Waals surface area contributed by atoms with Crippen LogP contribution in [0.2, 0.25) is 0 Å². The summed E-state index contributed by atoms with van der Waals surface area (Å²) < 4.78 is 23.4. The summed E-state index contributed by atoms with van der Waals surface area (Å²) in [6, 6.07) is 0. The zero-order valence-corrected chi connectivity index (χ0v) is 7.18. The molecule has 0 aliphatic carbocycles. The number of nitrogens with zero attached hydrogens (tertiary/aromatic N) is 1. The van der Waals surface area contributed by atoms with Crippen molar-refractivity contribution in [2.24, 2.45) is 0 Å². The average Bonchev–Trinajstić information content (AvgIpc) is 2.55. The van der Waals surface area contributed by atoms with Gasteiger partial charge in [0.25, 0.3) is 6.43 Å². The lowest BCUT2D eigenvalue weighted by Gasteiger charge is -1.95. The van der Waals surface area contributed by atoms with Gasteiger partial charge in [0, 0.05) is 6.20 Å². The van der Waals surface area contributed by atoms with Crippen LogP contribution in [0.1, 0.15) is 16.1 Å². The molecule has 1 aromatic heterocycles. The van der Waals surface area contributed by atoms with Crippen molar-refractivity contribution in [3.05, 3.63) is 16.6 Å². The Morgan fingerprint density at radius 2 is 2.23 bits per heavy atom. The normalized spacial score (nSPS) is 10.4. The van der Waals surface area contributed by atoms with Crippen LogP contribution in [-0.4, -0.2) is 23.0 Å². The maximum absolute atomic E-state index is 11.7. The van der Waals surface area contributed by atoms with Crippen LogP contribution in [0.15, 0.2) is 11.7 Å². The average molecular weight is 205 g/mol. The fourth-order valence-electron chi connectivity index (χ4n) is 0.676. The third kappa shape index (κ3) is 2.66. The molecular weight excluding hydrogens is 200 g/mol. The highest BCUT2D eigenvalue weighted by atomic mass is 32.1. The van der Waals surface area contributed by atoms with Crippen LogP contribution in [0.5, 0.6) is 0 Å². The van der Waals surface area contributed by atoms with Gasteiger partial charge in [0.15, 0.2) is 5.78 Å². The summed E-state index contributed by atoms with van der Waals surface area (Å²) >= 11 is 1.03. The lowest BCUT2D eigenvalue weighted by atomic mass is 10.2. The number of rotatable bonds is 4. The topological polar surface area (TPSA) is 47.0 Å². The molecule has 70 valence electrons. The number of thiazole rings is 1. The molecule has 0 aliphatic rings. The first-order valence-electron chi connectivity index (χ1n) is 3.34. The molecule has 0 unspecified atom stereocenters. The van der Waals surface area contributed by atoms with Crippen molar-refractivity contribution in [2.75, 3.05) is 0 Å². The molecule has 0 aromatic carbocycles. The second-order valence-corrected chi connectivity index (χ2v) is 3.12. The van der Waals surface area contributed by atoms with Gasteiger partial charge in [-0.25, -0.2) is 8.78 Å². The van der Waals surface area contributed by atoms with Gasteiger partial charge in [0.1, 0.15) is 0 Å². The monoisotopic (exact) mass is 205 g/mol. The van der Waals surface area contributed by atoms with E-state index >= 15 is 0 Å². The Morgan fingerprint density at radius 3 is 2.69 bits per heavy atom. The molecule has 0 N–H and O–H groups in total. The summed E-state index contributed by atoms with van der Waals surface area (Å²) in [5.74, 6) is -1.95. The highest BCUT2D eigenvalue weighted by Crippen LogP contribution is 2.10. The third-order valence-corrected chi connectivity index (χ3v) is 2.10. The molecule has 13 heavy (non-hydrogen) atoms. The van der Waals surface area contributed by atoms with E-state index in [-0.39, 0.29) is 4.88 Å². The molecular formula is C7H5F2NO2S. The summed E-state index contributed by atoms with van der Waals surface area (Å²) in [6.07, 6.45) is -2.57. The first-order chi connectivity index (χ1) is 6.11. The SMILES string of the molecule is O=C(CC(=O)C(F)F)c1cncs1. The van der Waals surface area contributed by atoms with Gasteiger partial charge in [-0.2, -0.15) is 0 Å². The molecule has 0 saturated heterocycles. The zero-order chi connectivity index (χ0) is 9.84. The van der Waals surface area contributed by atoms with Crippen LogP contribution < -0.4 is 0 Å². The number of carbonyl (C=O) groups excluding carboxylic acids is 2. The molecule has 0 aliphatic heterocycles. The minimum Gasteiger partial charge on any atom is -0.293 e. The van der Waals surface area contributed by atoms with Crippen LogP contribution >= 0.6 is 11.3 Å². The number of ketones is 2. The molecule has 1 heterocycles. The van der Waals surface area contributed by atoms with E-state index in [0.717, 1.165) is 11.3 Å². The van der Waals surface area contributed by atoms with E-state index in [9.17, 15) is 18.4 Å². The van der Waals surface area contributed by atoms with Gasteiger partial charge in [0.05, 0.1) is 16.8 Å². The van der Waals surface area contributed by atoms with Crippen LogP contribution in [-0.2, 0) is 4.79 Å². The molecule has 0 bridgehead atoms. The number of Topliss-reactive ketones (excluding diaryl/α,β-unsaturated/α-hetero) is 2. The molecule has 1 aromatic rings. The number of aromatic nitrogens is 1. The van der Waals surface area contributed by atoms with E-state index in [2.05, 4.69) is 4.98 Å². The van der Waals surface area contributed by atoms with Crippen molar-refractivity contribution < 1.29 is 18.4 Å². The number of hydrogen-bond donors (Lipinski definition) is 0. The zero-order valence-electron chi connectivity index (χ0n) is 6.37. The number of carbonyl (C=O) groups is 2. The van der Waals surface area contributed by atoms with Gasteiger partial charge in [-0.3, -0.25) is 14.6 Å². The Labute approximate surface area is 76.4 Å². The molecule has 1 rings (SSSR count). The summed E-state index contributed by atoms with van der Waals surface area (Å²) in [6.45, 7) is 0. The quantitative estimate of drug-likeness (QED) is 0.553. The van der Waals surface area contributed by atoms with Gasteiger partial charge >= 0.3 is 0 Å². The van der Waals surface area contributed by atoms with Crippen LogP contribution in [0.3, 0.4) is 0 Å². The second kappa shape index (κ2) is 4.18. The first-order valence-corrected chi connectivity index (χ1v) is 4.22. The summed E-state index contributed by atoms with van der Waals surface area (Å²) in [7, 11) is 0. The van der Waals surface area contributed by atoms with Gasteiger partial charge in [-0.1, -0.05) is 0 Å². The standard InChI is InChI=1S/C7H5F2NO2S/c8-7(9)5(12)1-4(11)6-2-10-3-13-6/h2-3,7H,1H2. The molecule has 0 fully saturated rings. The minimum atomic E-state index is -3.07. The van der Waals surface area contributed by atoms with E-state index in [0.29, 0.717) is 0 Å². The van der Waals surface area contributed by atoms with Crippen LogP contribution in [0.4, 0.5) is 8.78 Å². The van der Waals surface area contributed by atoms with Crippen molar-refractivity contribution >= 4 is 22.9 Å². The fraction of sp³-hybridized carbons (Fsp3) is 0.286. The Hall–Kier alpha value is -1.17. The maximum atomic E-state index is 11.7. The Bertz CT molecular complexity index is 310. The van der Waals surface area contributed by atoms with E-state index < -0.39 is 24.4 Å². The Balaban J connectivity index is 2.57. The maximum Gasteiger partial charge on any atom is 0.296 e. The van der Waals surface area contributed by atoms with Gasteiger partial charge < -0.3 is 0 Å². The van der Waals surface area contributed by atoms with E-state index in [1.807, 2.05) is 0 Å². The lowest BCUT2D eigenvalue weighted by Crippen LogP contribution is -2.14. The first kappa shape index (κ1) is 9.91. The van der Waals surface area contributed by atoms with Gasteiger partial charge in [-0.15, -0.1) is 11.3 Å². The minimum absolute atomic E-state index is 0.231. The molecule has 0 saturated carbocycles. The summed E-state index contributed by atoms with van der Waals surface area (Å²) in [5.41, 5.74) is 1.40. The lowest BCUT2D eigenvalue weighted by molar-refractivity contribution is -0.128. The molecule has 0 spiro atoms. The Morgan fingerprint density at radius 1 is 1.54 bits per heavy atom. The smallest absolute Gasteiger partial charge is 0.293 e. The third-order valence-electron chi connectivity index (χ3n) is 1.29. The number of hydrogen-bond acceptors (Lipinski definition) is 4. The largest absolute Gasteiger partial charge is 0.296 e. The van der Waals surface area contributed by atoms with Crippen molar-refractivity contribution in [2.45, 2.75) is 12.8 Å². The molecule has 0 atom stereocenters. The highest BCUT2D eigenvalue weighted by molar-refractivity contribution is 7.11. The fourth-order valence-corrected chi connectivity index (χ4v) is 1.24. The molecule has 0 amide bonds. The van der Waals surface area contributed by atoms with Gasteiger partial charge in [0.2, 0.25) is 5.78 Å². The Kier molecular flexibility index (Phi) is 3.18. The van der Waals surface area contributed by atoms with Crippen molar-refractivity contribution in [3.8, 4) is 0 Å². The summed E-state index contributed by atoms with van der Waals surface area (Å²) in [4.78, 5) is 25.3. The van der Waals surface area contributed by atoms with Gasteiger partial charge in [-0.05, 0) is 0 Å². The van der Waals surface area contributed by atoms with E-state index in [1.165, 1.54) is 11.7 Å². The van der Waals surface area contributed by atoms with Crippen molar-refractivity contribution in [3.63, 3.8) is 0 Å². The van der Waals surface area contributed by atoms with Crippen LogP contribution in [0.25, 0.3) is 0 Å². The highest BCUT2D eigenvalue weighted by Gasteiger charge is 2.20. The number of alkyl halides is 2. The molecule has 6 heteroatoms. The molecule has 3 nitrogen and oxygen atoms in total. The second-order valence-electron chi connectivity index (χ2n) is 2.23. The summed E-state index contributed by atoms with van der Waals surface area (Å²) in [5, 5.41) is 0. The van der Waals surface area contributed by atoms with Crippen LogP contribution in [0, 0.1) is 0 Å². The van der Waals surface area contributed by atoms with Crippen molar-refractivity contribution in [1.82, 2.24) is 4.98 Å². The molecule has 0 radical (unpaired) electrons. The predicted octanol–water partition coefficient (Wildman–Crippen LogP) is 1.55. The number of halogens is 2.